The number of thiazole rings is 1. The molecular formula is C11H19N3OS. The van der Waals surface area contributed by atoms with Crippen molar-refractivity contribution in [3.63, 3.8) is 0 Å². The van der Waals surface area contributed by atoms with Gasteiger partial charge in [-0.1, -0.05) is 0 Å². The van der Waals surface area contributed by atoms with Crippen molar-refractivity contribution in [2.45, 2.75) is 33.2 Å². The smallest absolute Gasteiger partial charge is 0.236 e. The lowest BCUT2D eigenvalue weighted by atomic mass is 10.2. The highest BCUT2D eigenvalue weighted by atomic mass is 32.1. The highest BCUT2D eigenvalue weighted by molar-refractivity contribution is 7.09. The van der Waals surface area contributed by atoms with Gasteiger partial charge in [0.15, 0.2) is 0 Å². The lowest BCUT2D eigenvalue weighted by Gasteiger charge is -2.12. The topological polar surface area (TPSA) is 54.0 Å². The molecule has 0 radical (unpaired) electrons. The number of hydrogen-bond acceptors (Lipinski definition) is 4. The second-order valence-corrected chi connectivity index (χ2v) is 4.62. The summed E-state index contributed by atoms with van der Waals surface area (Å²) in [5.41, 5.74) is 2.95. The second-order valence-electron chi connectivity index (χ2n) is 3.68. The van der Waals surface area contributed by atoms with E-state index >= 15 is 0 Å². The van der Waals surface area contributed by atoms with Gasteiger partial charge in [0.25, 0.3) is 0 Å². The Morgan fingerprint density at radius 3 is 2.94 bits per heavy atom. The highest BCUT2D eigenvalue weighted by Gasteiger charge is 2.10. The molecule has 1 amide bonds. The van der Waals surface area contributed by atoms with E-state index in [9.17, 15) is 4.79 Å². The number of hydrogen-bond donors (Lipinski definition) is 2. The molecule has 1 aromatic heterocycles. The molecule has 5 heteroatoms. The molecule has 1 aromatic rings. The number of nitrogens with zero attached hydrogens (tertiary/aromatic N) is 1. The molecule has 1 unspecified atom stereocenters. The molecule has 0 fully saturated rings. The van der Waals surface area contributed by atoms with Crippen molar-refractivity contribution in [1.82, 2.24) is 15.6 Å². The number of aromatic nitrogens is 1. The fourth-order valence-electron chi connectivity index (χ4n) is 1.39. The first-order chi connectivity index (χ1) is 7.65. The molecule has 1 rings (SSSR count). The number of likely N-dealkylation sites (N-methyl/N-ethyl adjacent to an activating group) is 1. The van der Waals surface area contributed by atoms with Gasteiger partial charge >= 0.3 is 0 Å². The lowest BCUT2D eigenvalue weighted by molar-refractivity contribution is -0.122. The molecule has 4 nitrogen and oxygen atoms in total. The van der Waals surface area contributed by atoms with Crippen LogP contribution in [0.25, 0.3) is 0 Å². The van der Waals surface area contributed by atoms with Gasteiger partial charge in [-0.3, -0.25) is 4.79 Å². The van der Waals surface area contributed by atoms with Crippen molar-refractivity contribution in [2.24, 2.45) is 0 Å². The van der Waals surface area contributed by atoms with Crippen LogP contribution in [0.5, 0.6) is 0 Å². The summed E-state index contributed by atoms with van der Waals surface area (Å²) in [6, 6.07) is -0.131. The van der Waals surface area contributed by atoms with Gasteiger partial charge in [-0.05, 0) is 27.2 Å². The first kappa shape index (κ1) is 13.1. The van der Waals surface area contributed by atoms with E-state index < -0.39 is 0 Å². The number of nitrogens with one attached hydrogen (secondary N) is 2. The summed E-state index contributed by atoms with van der Waals surface area (Å²) in [4.78, 5) is 16.9. The van der Waals surface area contributed by atoms with E-state index in [0.29, 0.717) is 6.54 Å². The summed E-state index contributed by atoms with van der Waals surface area (Å²) in [6.45, 7) is 7.30. The third kappa shape index (κ3) is 3.90. The van der Waals surface area contributed by atoms with E-state index in [1.54, 1.807) is 11.3 Å². The van der Waals surface area contributed by atoms with Gasteiger partial charge in [-0.2, -0.15) is 0 Å². The van der Waals surface area contributed by atoms with Crippen LogP contribution < -0.4 is 10.6 Å². The Morgan fingerprint density at radius 2 is 2.38 bits per heavy atom. The Balaban J connectivity index is 2.25. The molecule has 0 bridgehead atoms. The molecule has 0 saturated heterocycles. The van der Waals surface area contributed by atoms with Crippen LogP contribution >= 0.6 is 11.3 Å². The van der Waals surface area contributed by atoms with Crippen LogP contribution in [0, 0.1) is 6.92 Å². The third-order valence-electron chi connectivity index (χ3n) is 2.39. The van der Waals surface area contributed by atoms with Crippen LogP contribution in [0.4, 0.5) is 0 Å². The molecular weight excluding hydrogens is 222 g/mol. The molecule has 0 saturated carbocycles. The van der Waals surface area contributed by atoms with Crippen molar-refractivity contribution >= 4 is 17.2 Å². The monoisotopic (exact) mass is 241 g/mol. The molecule has 2 N–H and O–H groups in total. The maximum absolute atomic E-state index is 11.4. The zero-order valence-corrected chi connectivity index (χ0v) is 10.9. The quantitative estimate of drug-likeness (QED) is 0.784. The van der Waals surface area contributed by atoms with Gasteiger partial charge < -0.3 is 10.6 Å². The SMILES string of the molecule is CCNC(=O)C(C)NCCc1scnc1C. The minimum atomic E-state index is -0.131. The molecule has 0 spiro atoms. The van der Waals surface area contributed by atoms with E-state index in [1.807, 2.05) is 26.3 Å². The van der Waals surface area contributed by atoms with E-state index in [-0.39, 0.29) is 11.9 Å². The van der Waals surface area contributed by atoms with Gasteiger partial charge in [0.2, 0.25) is 5.91 Å². The van der Waals surface area contributed by atoms with Crippen LogP contribution in [0.3, 0.4) is 0 Å². The third-order valence-corrected chi connectivity index (χ3v) is 3.39. The van der Waals surface area contributed by atoms with Gasteiger partial charge in [0.1, 0.15) is 0 Å². The molecule has 1 atom stereocenters. The first-order valence-electron chi connectivity index (χ1n) is 5.55. The second kappa shape index (κ2) is 6.60. The Morgan fingerprint density at radius 1 is 1.62 bits per heavy atom. The minimum absolute atomic E-state index is 0.0588. The van der Waals surface area contributed by atoms with Crippen LogP contribution in [-0.2, 0) is 11.2 Å². The van der Waals surface area contributed by atoms with Crippen LogP contribution in [0.15, 0.2) is 5.51 Å². The fourth-order valence-corrected chi connectivity index (χ4v) is 2.17. The summed E-state index contributed by atoms with van der Waals surface area (Å²) in [6.07, 6.45) is 0.931. The zero-order chi connectivity index (χ0) is 12.0. The standard InChI is InChI=1S/C11H19N3OS/c1-4-12-11(15)9(3)13-6-5-10-8(2)14-7-16-10/h7,9,13H,4-6H2,1-3H3,(H,12,15). The maximum atomic E-state index is 11.4. The molecule has 0 aromatic carbocycles. The largest absolute Gasteiger partial charge is 0.355 e. The highest BCUT2D eigenvalue weighted by Crippen LogP contribution is 2.11. The first-order valence-corrected chi connectivity index (χ1v) is 6.43. The average molecular weight is 241 g/mol. The number of carbonyl (C=O) groups excluding carboxylic acids is 1. The summed E-state index contributed by atoms with van der Waals surface area (Å²) in [7, 11) is 0. The van der Waals surface area contributed by atoms with Crippen LogP contribution in [0.2, 0.25) is 0 Å². The van der Waals surface area contributed by atoms with Gasteiger partial charge in [-0.15, -0.1) is 11.3 Å². The van der Waals surface area contributed by atoms with E-state index in [0.717, 1.165) is 18.7 Å². The Hall–Kier alpha value is -0.940. The van der Waals surface area contributed by atoms with Crippen molar-refractivity contribution < 1.29 is 4.79 Å². The fraction of sp³-hybridized carbons (Fsp3) is 0.636. The Kier molecular flexibility index (Phi) is 5.42. The van der Waals surface area contributed by atoms with Crippen LogP contribution in [0.1, 0.15) is 24.4 Å². The summed E-state index contributed by atoms with van der Waals surface area (Å²) >= 11 is 1.67. The van der Waals surface area contributed by atoms with E-state index in [1.165, 1.54) is 4.88 Å². The van der Waals surface area contributed by atoms with Crippen molar-refractivity contribution in [2.75, 3.05) is 13.1 Å². The molecule has 90 valence electrons. The van der Waals surface area contributed by atoms with Crippen molar-refractivity contribution in [3.8, 4) is 0 Å². The van der Waals surface area contributed by atoms with Crippen molar-refractivity contribution in [3.05, 3.63) is 16.1 Å². The summed E-state index contributed by atoms with van der Waals surface area (Å²) in [5.74, 6) is 0.0588. The van der Waals surface area contributed by atoms with E-state index in [4.69, 9.17) is 0 Å². The number of aryl methyl sites for hydroxylation is 1. The predicted molar refractivity (Wildman–Crippen MR) is 66.7 cm³/mol. The number of carbonyl (C=O) groups is 1. The normalized spacial score (nSPS) is 12.4. The zero-order valence-electron chi connectivity index (χ0n) is 10.0. The molecule has 0 aliphatic carbocycles. The van der Waals surface area contributed by atoms with Gasteiger partial charge in [-0.25, -0.2) is 4.98 Å². The van der Waals surface area contributed by atoms with E-state index in [2.05, 4.69) is 15.6 Å². The lowest BCUT2D eigenvalue weighted by Crippen LogP contribution is -2.42. The van der Waals surface area contributed by atoms with Gasteiger partial charge in [0, 0.05) is 18.0 Å². The molecule has 0 aliphatic rings. The maximum Gasteiger partial charge on any atom is 0.236 e. The Bertz CT molecular complexity index is 338. The molecule has 16 heavy (non-hydrogen) atoms. The molecule has 0 aliphatic heterocycles. The minimum Gasteiger partial charge on any atom is -0.355 e. The number of amides is 1. The predicted octanol–water partition coefficient (Wildman–Crippen LogP) is 1.11. The molecule has 1 heterocycles. The summed E-state index contributed by atoms with van der Waals surface area (Å²) < 4.78 is 0. The summed E-state index contributed by atoms with van der Waals surface area (Å²) in [5, 5.41) is 5.99. The van der Waals surface area contributed by atoms with Crippen molar-refractivity contribution in [1.29, 1.82) is 0 Å². The van der Waals surface area contributed by atoms with Crippen LogP contribution in [-0.4, -0.2) is 30.0 Å². The van der Waals surface area contributed by atoms with Gasteiger partial charge in [0.05, 0.1) is 17.2 Å². The average Bonchev–Trinajstić information content (AvgIpc) is 2.65. The Labute approximate surface area is 100 Å². The number of rotatable bonds is 6.